The first kappa shape index (κ1) is 15.8. The van der Waals surface area contributed by atoms with Crippen LogP contribution >= 0.6 is 11.6 Å². The number of hydrazone groups is 1. The molecule has 110 valence electrons. The van der Waals surface area contributed by atoms with Gasteiger partial charge in [0.2, 0.25) is 5.96 Å². The zero-order chi connectivity index (χ0) is 15.3. The number of aromatic nitrogens is 2. The number of carbonyl (C=O) groups excluding carboxylic acids is 1. The monoisotopic (exact) mass is 300 g/mol. The summed E-state index contributed by atoms with van der Waals surface area (Å²) in [5, 5.41) is 3.43. The molecule has 9 nitrogen and oxygen atoms in total. The van der Waals surface area contributed by atoms with Crippen LogP contribution in [0.1, 0.15) is 23.8 Å². The molecule has 0 unspecified atom stereocenters. The highest BCUT2D eigenvalue weighted by molar-refractivity contribution is 6.32. The number of rotatable bonds is 5. The van der Waals surface area contributed by atoms with E-state index in [1.54, 1.807) is 11.9 Å². The zero-order valence-electron chi connectivity index (χ0n) is 11.2. The number of nitrogen functional groups attached to an aromatic ring is 1. The standard InChI is InChI=1S/C10H17ClN8O/c1-3-4-19(2)8-6(11)15-5(7(12)16-8)9(20)17-18-10(13)14/h3-4H2,1-2H3,(H2,12,16)(H,17,20)(H4,13,14,18). The first-order valence-corrected chi connectivity index (χ1v) is 6.17. The molecule has 20 heavy (non-hydrogen) atoms. The molecule has 0 atom stereocenters. The van der Waals surface area contributed by atoms with Crippen LogP contribution in [0.15, 0.2) is 5.10 Å². The van der Waals surface area contributed by atoms with Crippen LogP contribution in [0.4, 0.5) is 11.6 Å². The second-order valence-corrected chi connectivity index (χ2v) is 4.33. The number of nitrogens with zero attached hydrogens (tertiary/aromatic N) is 4. The molecule has 0 saturated heterocycles. The molecule has 0 radical (unpaired) electrons. The van der Waals surface area contributed by atoms with Crippen LogP contribution in [-0.2, 0) is 0 Å². The summed E-state index contributed by atoms with van der Waals surface area (Å²) in [5.74, 6) is -0.648. The molecule has 0 aliphatic carbocycles. The molecule has 0 aliphatic heterocycles. The van der Waals surface area contributed by atoms with Gasteiger partial charge in [-0.3, -0.25) is 4.79 Å². The Kier molecular flexibility index (Phi) is 5.32. The molecule has 0 bridgehead atoms. The zero-order valence-corrected chi connectivity index (χ0v) is 12.0. The average Bonchev–Trinajstić information content (AvgIpc) is 2.38. The van der Waals surface area contributed by atoms with Crippen molar-refractivity contribution in [2.24, 2.45) is 16.6 Å². The third kappa shape index (κ3) is 3.85. The molecular formula is C10H17ClN8O. The predicted octanol–water partition coefficient (Wildman–Crippen LogP) is -0.523. The number of anilines is 2. The van der Waals surface area contributed by atoms with Crippen molar-refractivity contribution in [2.75, 3.05) is 24.2 Å². The molecular weight excluding hydrogens is 284 g/mol. The van der Waals surface area contributed by atoms with Crippen molar-refractivity contribution in [3.63, 3.8) is 0 Å². The number of guanidine groups is 1. The normalized spacial score (nSPS) is 9.95. The van der Waals surface area contributed by atoms with Crippen LogP contribution in [0.2, 0.25) is 5.15 Å². The van der Waals surface area contributed by atoms with E-state index in [2.05, 4.69) is 20.5 Å². The van der Waals surface area contributed by atoms with Crippen LogP contribution in [-0.4, -0.2) is 35.4 Å². The second-order valence-electron chi connectivity index (χ2n) is 3.97. The highest BCUT2D eigenvalue weighted by atomic mass is 35.5. The Bertz CT molecular complexity index is 528. The number of hydrogen-bond acceptors (Lipinski definition) is 6. The molecule has 0 saturated carbocycles. The van der Waals surface area contributed by atoms with Gasteiger partial charge in [0.15, 0.2) is 22.5 Å². The first-order valence-electron chi connectivity index (χ1n) is 5.79. The van der Waals surface area contributed by atoms with Crippen molar-refractivity contribution < 1.29 is 4.79 Å². The fourth-order valence-corrected chi connectivity index (χ4v) is 1.71. The van der Waals surface area contributed by atoms with E-state index < -0.39 is 5.91 Å². The van der Waals surface area contributed by atoms with Crippen LogP contribution in [0.3, 0.4) is 0 Å². The molecule has 0 spiro atoms. The van der Waals surface area contributed by atoms with Gasteiger partial charge in [-0.15, -0.1) is 5.10 Å². The Labute approximate surface area is 121 Å². The van der Waals surface area contributed by atoms with Crippen molar-refractivity contribution in [3.05, 3.63) is 10.8 Å². The molecule has 1 rings (SSSR count). The van der Waals surface area contributed by atoms with Gasteiger partial charge in [0.05, 0.1) is 0 Å². The maximum absolute atomic E-state index is 11.7. The predicted molar refractivity (Wildman–Crippen MR) is 78.3 cm³/mol. The fourth-order valence-electron chi connectivity index (χ4n) is 1.44. The van der Waals surface area contributed by atoms with Crippen molar-refractivity contribution in [3.8, 4) is 0 Å². The van der Waals surface area contributed by atoms with Crippen LogP contribution < -0.4 is 27.5 Å². The Balaban J connectivity index is 3.04. The largest absolute Gasteiger partial charge is 0.382 e. The average molecular weight is 301 g/mol. The van der Waals surface area contributed by atoms with Gasteiger partial charge in [-0.25, -0.2) is 15.4 Å². The Hall–Kier alpha value is -2.29. The quantitative estimate of drug-likeness (QED) is 0.324. The SMILES string of the molecule is CCCN(C)c1nc(N)c(C(=O)NN=C(N)N)nc1Cl. The molecule has 0 fully saturated rings. The lowest BCUT2D eigenvalue weighted by atomic mass is 10.3. The van der Waals surface area contributed by atoms with Crippen molar-refractivity contribution in [1.29, 1.82) is 0 Å². The molecule has 10 heteroatoms. The first-order chi connectivity index (χ1) is 9.36. The van der Waals surface area contributed by atoms with Crippen LogP contribution in [0.25, 0.3) is 0 Å². The minimum atomic E-state index is -0.699. The minimum absolute atomic E-state index is 0.0596. The van der Waals surface area contributed by atoms with E-state index in [9.17, 15) is 4.79 Å². The van der Waals surface area contributed by atoms with Crippen molar-refractivity contribution in [1.82, 2.24) is 15.4 Å². The molecule has 0 aromatic carbocycles. The molecule has 1 aromatic rings. The topological polar surface area (TPSA) is 149 Å². The van der Waals surface area contributed by atoms with E-state index in [-0.39, 0.29) is 22.6 Å². The van der Waals surface area contributed by atoms with Gasteiger partial charge in [0, 0.05) is 13.6 Å². The molecule has 1 amide bonds. The van der Waals surface area contributed by atoms with Crippen LogP contribution in [0, 0.1) is 0 Å². The van der Waals surface area contributed by atoms with E-state index in [1.807, 2.05) is 6.92 Å². The van der Waals surface area contributed by atoms with Gasteiger partial charge in [-0.2, -0.15) is 0 Å². The summed E-state index contributed by atoms with van der Waals surface area (Å²) < 4.78 is 0. The fraction of sp³-hybridized carbons (Fsp3) is 0.400. The second kappa shape index (κ2) is 6.75. The number of hydrogen-bond donors (Lipinski definition) is 4. The minimum Gasteiger partial charge on any atom is -0.382 e. The van der Waals surface area contributed by atoms with E-state index in [4.69, 9.17) is 28.8 Å². The number of carbonyl (C=O) groups is 1. The van der Waals surface area contributed by atoms with Gasteiger partial charge in [-0.05, 0) is 6.42 Å². The highest BCUT2D eigenvalue weighted by Crippen LogP contribution is 2.23. The van der Waals surface area contributed by atoms with E-state index in [1.165, 1.54) is 0 Å². The maximum atomic E-state index is 11.7. The van der Waals surface area contributed by atoms with Crippen LogP contribution in [0.5, 0.6) is 0 Å². The van der Waals surface area contributed by atoms with E-state index in [0.29, 0.717) is 5.82 Å². The summed E-state index contributed by atoms with van der Waals surface area (Å²) in [7, 11) is 1.80. The lowest BCUT2D eigenvalue weighted by Gasteiger charge is -2.18. The van der Waals surface area contributed by atoms with Gasteiger partial charge < -0.3 is 22.1 Å². The molecule has 0 aliphatic rings. The number of nitrogens with one attached hydrogen (secondary N) is 1. The number of amides is 1. The summed E-state index contributed by atoms with van der Waals surface area (Å²) in [6.45, 7) is 2.74. The van der Waals surface area contributed by atoms with Gasteiger partial charge in [0.25, 0.3) is 5.91 Å². The third-order valence-electron chi connectivity index (χ3n) is 2.29. The Morgan fingerprint density at radius 3 is 2.65 bits per heavy atom. The number of halogens is 1. The number of nitrogens with two attached hydrogens (primary N) is 3. The Morgan fingerprint density at radius 2 is 2.10 bits per heavy atom. The third-order valence-corrected chi connectivity index (χ3v) is 2.54. The lowest BCUT2D eigenvalue weighted by Crippen LogP contribution is -2.30. The van der Waals surface area contributed by atoms with Gasteiger partial charge in [0.1, 0.15) is 0 Å². The molecule has 7 N–H and O–H groups in total. The smallest absolute Gasteiger partial charge is 0.293 e. The molecule has 1 heterocycles. The lowest BCUT2D eigenvalue weighted by molar-refractivity contribution is 0.0950. The van der Waals surface area contributed by atoms with E-state index >= 15 is 0 Å². The highest BCUT2D eigenvalue weighted by Gasteiger charge is 2.18. The van der Waals surface area contributed by atoms with Gasteiger partial charge in [-0.1, -0.05) is 18.5 Å². The van der Waals surface area contributed by atoms with Crippen molar-refractivity contribution >= 4 is 35.1 Å². The summed E-state index contributed by atoms with van der Waals surface area (Å²) in [6.07, 6.45) is 0.904. The van der Waals surface area contributed by atoms with E-state index in [0.717, 1.165) is 13.0 Å². The van der Waals surface area contributed by atoms with Crippen molar-refractivity contribution in [2.45, 2.75) is 13.3 Å². The van der Waals surface area contributed by atoms with Gasteiger partial charge >= 0.3 is 0 Å². The molecule has 1 aromatic heterocycles. The summed E-state index contributed by atoms with van der Waals surface area (Å²) in [4.78, 5) is 21.5. The summed E-state index contributed by atoms with van der Waals surface area (Å²) >= 11 is 6.00. The summed E-state index contributed by atoms with van der Waals surface area (Å²) in [5.41, 5.74) is 17.8. The summed E-state index contributed by atoms with van der Waals surface area (Å²) in [6, 6.07) is 0. The Morgan fingerprint density at radius 1 is 1.45 bits per heavy atom. The maximum Gasteiger partial charge on any atom is 0.293 e.